The van der Waals surface area contributed by atoms with Crippen LogP contribution in [0.4, 0.5) is 0 Å². The van der Waals surface area contributed by atoms with E-state index in [9.17, 15) is 5.11 Å². The van der Waals surface area contributed by atoms with Gasteiger partial charge in [0.1, 0.15) is 11.9 Å². The number of aliphatic hydroxyl groups is 1. The summed E-state index contributed by atoms with van der Waals surface area (Å²) in [6.45, 7) is 7.20. The Labute approximate surface area is 108 Å². The van der Waals surface area contributed by atoms with E-state index in [4.69, 9.17) is 16.3 Å². The normalized spacial score (nSPS) is 14.4. The lowest BCUT2D eigenvalue weighted by molar-refractivity contribution is 0.0597. The van der Waals surface area contributed by atoms with Crippen LogP contribution in [0.2, 0.25) is 5.02 Å². The first kappa shape index (κ1) is 14.3. The molecule has 0 spiro atoms. The molecule has 1 aromatic carbocycles. The van der Waals surface area contributed by atoms with Crippen LogP contribution in [0.25, 0.3) is 0 Å². The average molecular weight is 258 g/mol. The monoisotopic (exact) mass is 257 g/mol. The van der Waals surface area contributed by atoms with Crippen molar-refractivity contribution in [3.63, 3.8) is 0 Å². The Bertz CT molecular complexity index is 355. The van der Waals surface area contributed by atoms with Crippen molar-refractivity contribution in [1.29, 1.82) is 0 Å². The minimum Gasteiger partial charge on any atom is -0.488 e. The highest BCUT2D eigenvalue weighted by Crippen LogP contribution is 2.24. The summed E-state index contributed by atoms with van der Waals surface area (Å²) in [6.07, 6.45) is -0.741. The number of hydrogen-bond donors (Lipinski definition) is 2. The quantitative estimate of drug-likeness (QED) is 0.823. The average Bonchev–Trinajstić information content (AvgIpc) is 2.29. The molecule has 0 saturated heterocycles. The van der Waals surface area contributed by atoms with Crippen LogP contribution in [0.5, 0.6) is 5.75 Å². The van der Waals surface area contributed by atoms with Gasteiger partial charge in [0.2, 0.25) is 0 Å². The van der Waals surface area contributed by atoms with E-state index < -0.39 is 6.10 Å². The molecule has 2 unspecified atom stereocenters. The fourth-order valence-corrected chi connectivity index (χ4v) is 1.55. The van der Waals surface area contributed by atoms with Crippen molar-refractivity contribution in [3.8, 4) is 5.75 Å². The molecule has 0 saturated carbocycles. The van der Waals surface area contributed by atoms with Crippen LogP contribution < -0.4 is 10.1 Å². The predicted molar refractivity (Wildman–Crippen MR) is 70.6 cm³/mol. The van der Waals surface area contributed by atoms with Gasteiger partial charge in [-0.25, -0.2) is 0 Å². The number of benzene rings is 1. The Hall–Kier alpha value is -0.770. The molecule has 0 radical (unpaired) electrons. The standard InChI is InChI=1S/C13H20ClNO2/c1-4-15-8-11-7-12(14)5-6-13(11)17-10(3)9(2)16/h5-7,9-10,15-16H,4,8H2,1-3H3. The van der Waals surface area contributed by atoms with E-state index in [-0.39, 0.29) is 6.10 Å². The number of rotatable bonds is 6. The maximum Gasteiger partial charge on any atom is 0.124 e. The Kier molecular flexibility index (Phi) is 5.75. The Balaban J connectivity index is 2.82. The number of nitrogens with one attached hydrogen (secondary N) is 1. The molecule has 0 heterocycles. The summed E-state index contributed by atoms with van der Waals surface area (Å²) in [7, 11) is 0. The van der Waals surface area contributed by atoms with Crippen molar-refractivity contribution in [2.45, 2.75) is 39.5 Å². The first-order valence-corrected chi connectivity index (χ1v) is 6.26. The second-order valence-electron chi connectivity index (χ2n) is 4.10. The van der Waals surface area contributed by atoms with Gasteiger partial charge in [-0.15, -0.1) is 0 Å². The van der Waals surface area contributed by atoms with Crippen LogP contribution in [0, 0.1) is 0 Å². The predicted octanol–water partition coefficient (Wildman–Crippen LogP) is 2.60. The molecule has 1 aromatic rings. The van der Waals surface area contributed by atoms with Crippen LogP contribution in [0.3, 0.4) is 0 Å². The van der Waals surface area contributed by atoms with Crippen LogP contribution >= 0.6 is 11.6 Å². The summed E-state index contributed by atoms with van der Waals surface area (Å²) >= 11 is 5.96. The summed E-state index contributed by atoms with van der Waals surface area (Å²) in [5.74, 6) is 0.767. The second-order valence-corrected chi connectivity index (χ2v) is 4.53. The molecule has 0 amide bonds. The van der Waals surface area contributed by atoms with Crippen molar-refractivity contribution >= 4 is 11.6 Å². The van der Waals surface area contributed by atoms with E-state index >= 15 is 0 Å². The lowest BCUT2D eigenvalue weighted by Crippen LogP contribution is -2.26. The maximum atomic E-state index is 9.44. The summed E-state index contributed by atoms with van der Waals surface area (Å²) in [5.41, 5.74) is 1.01. The van der Waals surface area contributed by atoms with Crippen LogP contribution in [-0.2, 0) is 6.54 Å². The van der Waals surface area contributed by atoms with Crippen LogP contribution in [-0.4, -0.2) is 23.9 Å². The lowest BCUT2D eigenvalue weighted by Gasteiger charge is -2.19. The minimum absolute atomic E-state index is 0.239. The molecular formula is C13H20ClNO2. The molecule has 4 heteroatoms. The van der Waals surface area contributed by atoms with Crippen molar-refractivity contribution in [2.24, 2.45) is 0 Å². The molecule has 0 aromatic heterocycles. The smallest absolute Gasteiger partial charge is 0.124 e. The van der Waals surface area contributed by atoms with Crippen LogP contribution in [0.1, 0.15) is 26.3 Å². The largest absolute Gasteiger partial charge is 0.488 e. The zero-order valence-electron chi connectivity index (χ0n) is 10.5. The summed E-state index contributed by atoms with van der Waals surface area (Å²) in [5, 5.41) is 13.4. The number of halogens is 1. The SMILES string of the molecule is CCNCc1cc(Cl)ccc1OC(C)C(C)O. The van der Waals surface area contributed by atoms with Gasteiger partial charge in [0.15, 0.2) is 0 Å². The highest BCUT2D eigenvalue weighted by Gasteiger charge is 2.13. The van der Waals surface area contributed by atoms with Gasteiger partial charge in [0.05, 0.1) is 6.10 Å². The van der Waals surface area contributed by atoms with E-state index in [1.165, 1.54) is 0 Å². The molecule has 2 atom stereocenters. The highest BCUT2D eigenvalue weighted by atomic mass is 35.5. The maximum absolute atomic E-state index is 9.44. The Morgan fingerprint density at radius 2 is 2.12 bits per heavy atom. The Morgan fingerprint density at radius 1 is 1.41 bits per heavy atom. The van der Waals surface area contributed by atoms with Crippen LogP contribution in [0.15, 0.2) is 18.2 Å². The van der Waals surface area contributed by atoms with E-state index in [2.05, 4.69) is 5.32 Å². The molecule has 0 fully saturated rings. The Morgan fingerprint density at radius 3 is 2.71 bits per heavy atom. The third-order valence-electron chi connectivity index (χ3n) is 2.58. The molecule has 1 rings (SSSR count). The molecular weight excluding hydrogens is 238 g/mol. The number of hydrogen-bond acceptors (Lipinski definition) is 3. The first-order chi connectivity index (χ1) is 8.04. The molecule has 96 valence electrons. The van der Waals surface area contributed by atoms with Crippen molar-refractivity contribution in [2.75, 3.05) is 6.54 Å². The summed E-state index contributed by atoms with van der Waals surface area (Å²) < 4.78 is 5.71. The summed E-state index contributed by atoms with van der Waals surface area (Å²) in [4.78, 5) is 0. The second kappa shape index (κ2) is 6.84. The van der Waals surface area contributed by atoms with E-state index in [0.29, 0.717) is 11.6 Å². The molecule has 0 aliphatic heterocycles. The van der Waals surface area contributed by atoms with E-state index in [1.54, 1.807) is 13.0 Å². The zero-order valence-corrected chi connectivity index (χ0v) is 11.3. The molecule has 3 nitrogen and oxygen atoms in total. The zero-order chi connectivity index (χ0) is 12.8. The van der Waals surface area contributed by atoms with Gasteiger partial charge in [0, 0.05) is 17.1 Å². The first-order valence-electron chi connectivity index (χ1n) is 5.88. The van der Waals surface area contributed by atoms with Crippen molar-refractivity contribution in [3.05, 3.63) is 28.8 Å². The van der Waals surface area contributed by atoms with Gasteiger partial charge < -0.3 is 15.2 Å². The number of aliphatic hydroxyl groups excluding tert-OH is 1. The van der Waals surface area contributed by atoms with Gasteiger partial charge >= 0.3 is 0 Å². The van der Waals surface area contributed by atoms with E-state index in [0.717, 1.165) is 17.9 Å². The molecule has 17 heavy (non-hydrogen) atoms. The minimum atomic E-state index is -0.502. The van der Waals surface area contributed by atoms with Gasteiger partial charge in [-0.1, -0.05) is 18.5 Å². The fourth-order valence-electron chi connectivity index (χ4n) is 1.36. The third-order valence-corrected chi connectivity index (χ3v) is 2.82. The number of ether oxygens (including phenoxy) is 1. The summed E-state index contributed by atoms with van der Waals surface area (Å²) in [6, 6.07) is 5.52. The molecule has 0 aliphatic rings. The molecule has 0 aliphatic carbocycles. The van der Waals surface area contributed by atoms with Gasteiger partial charge in [-0.2, -0.15) is 0 Å². The highest BCUT2D eigenvalue weighted by molar-refractivity contribution is 6.30. The third kappa shape index (κ3) is 4.54. The molecule has 0 bridgehead atoms. The fraction of sp³-hybridized carbons (Fsp3) is 0.538. The van der Waals surface area contributed by atoms with Gasteiger partial charge in [-0.3, -0.25) is 0 Å². The van der Waals surface area contributed by atoms with E-state index in [1.807, 2.05) is 26.0 Å². The van der Waals surface area contributed by atoms with Crippen molar-refractivity contribution in [1.82, 2.24) is 5.32 Å². The van der Waals surface area contributed by atoms with Gasteiger partial charge in [-0.05, 0) is 38.6 Å². The topological polar surface area (TPSA) is 41.5 Å². The molecule has 2 N–H and O–H groups in total. The lowest BCUT2D eigenvalue weighted by atomic mass is 10.2. The van der Waals surface area contributed by atoms with Crippen molar-refractivity contribution < 1.29 is 9.84 Å². The van der Waals surface area contributed by atoms with Gasteiger partial charge in [0.25, 0.3) is 0 Å².